The Bertz CT molecular complexity index is 1270. The van der Waals surface area contributed by atoms with Crippen LogP contribution in [0, 0.1) is 0 Å². The summed E-state index contributed by atoms with van der Waals surface area (Å²) >= 11 is 4.81. The second-order valence-corrected chi connectivity index (χ2v) is 9.42. The van der Waals surface area contributed by atoms with Crippen LogP contribution in [-0.2, 0) is 0 Å². The minimum atomic E-state index is 0.309. The maximum Gasteiger partial charge on any atom is 0.0629 e. The lowest BCUT2D eigenvalue weighted by atomic mass is 9.90. The maximum atomic E-state index is 4.81. The Hall–Kier alpha value is -2.97. The minimum absolute atomic E-state index is 0.309. The fourth-order valence-electron chi connectivity index (χ4n) is 5.54. The topological polar surface area (TPSA) is 3.24 Å². The van der Waals surface area contributed by atoms with Gasteiger partial charge in [0.05, 0.1) is 6.04 Å². The number of nitrogens with zero attached hydrogens (tertiary/aromatic N) is 1. The van der Waals surface area contributed by atoms with Crippen LogP contribution >= 0.6 is 12.6 Å². The summed E-state index contributed by atoms with van der Waals surface area (Å²) in [6.45, 7) is 0. The molecule has 0 radical (unpaired) electrons. The van der Waals surface area contributed by atoms with E-state index in [0.717, 1.165) is 11.3 Å². The van der Waals surface area contributed by atoms with Gasteiger partial charge in [-0.25, -0.2) is 0 Å². The Balaban J connectivity index is 1.49. The third kappa shape index (κ3) is 3.25. The Morgan fingerprint density at radius 2 is 1.59 bits per heavy atom. The molecule has 2 atom stereocenters. The SMILES string of the molecule is Sc1ccc(-c2ccccc2N2c3ccccc3C3C=CC=CC32)cc1C1=CCCCC1. The molecule has 0 amide bonds. The number of allylic oxidation sites excluding steroid dienone is 4. The van der Waals surface area contributed by atoms with Crippen molar-refractivity contribution in [3.63, 3.8) is 0 Å². The number of hydrogen-bond donors (Lipinski definition) is 1. The van der Waals surface area contributed by atoms with E-state index in [1.54, 1.807) is 0 Å². The number of para-hydroxylation sites is 2. The lowest BCUT2D eigenvalue weighted by molar-refractivity contribution is 0.741. The predicted molar refractivity (Wildman–Crippen MR) is 139 cm³/mol. The van der Waals surface area contributed by atoms with Crippen molar-refractivity contribution in [1.82, 2.24) is 0 Å². The molecule has 0 saturated heterocycles. The van der Waals surface area contributed by atoms with E-state index in [4.69, 9.17) is 12.6 Å². The number of benzene rings is 3. The molecule has 2 unspecified atom stereocenters. The van der Waals surface area contributed by atoms with Crippen molar-refractivity contribution < 1.29 is 0 Å². The van der Waals surface area contributed by atoms with E-state index in [0.29, 0.717) is 12.0 Å². The van der Waals surface area contributed by atoms with Gasteiger partial charge in [0.2, 0.25) is 0 Å². The van der Waals surface area contributed by atoms with Gasteiger partial charge in [-0.2, -0.15) is 0 Å². The standard InChI is InChI=1S/C30H27NS/c32-30-19-18-22(20-26(30)21-10-2-1-3-11-21)23-12-4-7-15-27(23)31-28-16-8-5-13-24(28)25-14-6-9-17-29(25)31/h4-10,12-20,24,28,32H,1-3,11H2. The van der Waals surface area contributed by atoms with Gasteiger partial charge in [0, 0.05) is 27.8 Å². The second kappa shape index (κ2) is 8.18. The fourth-order valence-corrected chi connectivity index (χ4v) is 5.82. The Morgan fingerprint density at radius 1 is 0.781 bits per heavy atom. The van der Waals surface area contributed by atoms with Crippen molar-refractivity contribution in [3.8, 4) is 11.1 Å². The number of hydrogen-bond acceptors (Lipinski definition) is 2. The molecule has 2 aliphatic carbocycles. The first-order chi connectivity index (χ1) is 15.8. The van der Waals surface area contributed by atoms with Crippen LogP contribution in [0.25, 0.3) is 16.7 Å². The molecule has 0 saturated carbocycles. The van der Waals surface area contributed by atoms with Gasteiger partial charge in [0.1, 0.15) is 0 Å². The highest BCUT2D eigenvalue weighted by Gasteiger charge is 2.37. The van der Waals surface area contributed by atoms with Crippen molar-refractivity contribution in [3.05, 3.63) is 108 Å². The van der Waals surface area contributed by atoms with Gasteiger partial charge in [0.15, 0.2) is 0 Å². The first-order valence-corrected chi connectivity index (χ1v) is 12.1. The molecule has 0 N–H and O–H groups in total. The highest BCUT2D eigenvalue weighted by atomic mass is 32.1. The van der Waals surface area contributed by atoms with E-state index in [-0.39, 0.29) is 0 Å². The normalized spacial score (nSPS) is 21.3. The highest BCUT2D eigenvalue weighted by Crippen LogP contribution is 2.49. The van der Waals surface area contributed by atoms with Gasteiger partial charge in [0.25, 0.3) is 0 Å². The molecule has 1 heterocycles. The minimum Gasteiger partial charge on any atom is -0.333 e. The molecule has 0 fully saturated rings. The number of fused-ring (bicyclic) bond motifs is 3. The van der Waals surface area contributed by atoms with E-state index >= 15 is 0 Å². The van der Waals surface area contributed by atoms with Gasteiger partial charge < -0.3 is 4.90 Å². The highest BCUT2D eigenvalue weighted by molar-refractivity contribution is 7.80. The fraction of sp³-hybridized carbons (Fsp3) is 0.200. The van der Waals surface area contributed by atoms with Crippen LogP contribution in [0.4, 0.5) is 11.4 Å². The molecule has 6 rings (SSSR count). The zero-order chi connectivity index (χ0) is 21.5. The van der Waals surface area contributed by atoms with Crippen LogP contribution in [0.2, 0.25) is 0 Å². The lowest BCUT2D eigenvalue weighted by Crippen LogP contribution is -2.28. The van der Waals surface area contributed by atoms with Crippen molar-refractivity contribution in [1.29, 1.82) is 0 Å². The molecule has 0 aromatic heterocycles. The Kier molecular flexibility index (Phi) is 5.04. The van der Waals surface area contributed by atoms with E-state index in [2.05, 4.69) is 102 Å². The molecule has 1 nitrogen and oxygen atoms in total. The van der Waals surface area contributed by atoms with Crippen molar-refractivity contribution >= 4 is 29.6 Å². The summed E-state index contributed by atoms with van der Waals surface area (Å²) in [7, 11) is 0. The molecule has 158 valence electrons. The average molecular weight is 434 g/mol. The summed E-state index contributed by atoms with van der Waals surface area (Å²) in [5.74, 6) is 0.395. The first-order valence-electron chi connectivity index (χ1n) is 11.7. The molecule has 1 aliphatic heterocycles. The molecule has 2 heteroatoms. The van der Waals surface area contributed by atoms with Crippen LogP contribution in [0.3, 0.4) is 0 Å². The van der Waals surface area contributed by atoms with E-state index in [1.807, 2.05) is 0 Å². The summed E-state index contributed by atoms with van der Waals surface area (Å²) in [5.41, 5.74) is 9.27. The van der Waals surface area contributed by atoms with Gasteiger partial charge in [-0.15, -0.1) is 12.6 Å². The van der Waals surface area contributed by atoms with E-state index < -0.39 is 0 Å². The molecular weight excluding hydrogens is 406 g/mol. The quantitative estimate of drug-likeness (QED) is 0.406. The summed E-state index contributed by atoms with van der Waals surface area (Å²) < 4.78 is 0. The molecule has 32 heavy (non-hydrogen) atoms. The summed E-state index contributed by atoms with van der Waals surface area (Å²) in [5, 5.41) is 0. The van der Waals surface area contributed by atoms with Crippen molar-refractivity contribution in [2.24, 2.45) is 0 Å². The van der Waals surface area contributed by atoms with Crippen LogP contribution < -0.4 is 4.90 Å². The third-order valence-electron chi connectivity index (χ3n) is 7.07. The number of anilines is 2. The van der Waals surface area contributed by atoms with Crippen molar-refractivity contribution in [2.75, 3.05) is 4.90 Å². The molecule has 3 aliphatic rings. The van der Waals surface area contributed by atoms with Crippen molar-refractivity contribution in [2.45, 2.75) is 42.5 Å². The number of thiol groups is 1. The summed E-state index contributed by atoms with van der Waals surface area (Å²) in [6, 6.07) is 24.8. The molecule has 0 spiro atoms. The lowest BCUT2D eigenvalue weighted by Gasteiger charge is -2.30. The molecule has 3 aromatic carbocycles. The molecule has 3 aromatic rings. The second-order valence-electron chi connectivity index (χ2n) is 8.94. The average Bonchev–Trinajstić information content (AvgIpc) is 3.19. The van der Waals surface area contributed by atoms with Crippen LogP contribution in [-0.4, -0.2) is 6.04 Å². The van der Waals surface area contributed by atoms with Crippen LogP contribution in [0.1, 0.15) is 42.7 Å². The van der Waals surface area contributed by atoms with Gasteiger partial charge in [-0.3, -0.25) is 0 Å². The monoisotopic (exact) mass is 433 g/mol. The van der Waals surface area contributed by atoms with E-state index in [9.17, 15) is 0 Å². The largest absolute Gasteiger partial charge is 0.333 e. The van der Waals surface area contributed by atoms with Gasteiger partial charge in [-0.05, 0) is 72.2 Å². The number of rotatable bonds is 3. The van der Waals surface area contributed by atoms with Crippen LogP contribution in [0.5, 0.6) is 0 Å². The zero-order valence-electron chi connectivity index (χ0n) is 18.1. The van der Waals surface area contributed by atoms with E-state index in [1.165, 1.54) is 58.5 Å². The summed E-state index contributed by atoms with van der Waals surface area (Å²) in [4.78, 5) is 3.61. The smallest absolute Gasteiger partial charge is 0.0629 e. The molecule has 0 bridgehead atoms. The third-order valence-corrected chi connectivity index (χ3v) is 7.46. The van der Waals surface area contributed by atoms with Gasteiger partial charge in [-0.1, -0.05) is 72.8 Å². The summed E-state index contributed by atoms with van der Waals surface area (Å²) in [6.07, 6.45) is 16.4. The van der Waals surface area contributed by atoms with Gasteiger partial charge >= 0.3 is 0 Å². The first kappa shape index (κ1) is 19.7. The Labute approximate surface area is 196 Å². The predicted octanol–water partition coefficient (Wildman–Crippen LogP) is 8.33. The maximum absolute atomic E-state index is 4.81. The Morgan fingerprint density at radius 3 is 2.47 bits per heavy atom. The molecular formula is C30H27NS. The van der Waals surface area contributed by atoms with Crippen LogP contribution in [0.15, 0.2) is 102 Å². The zero-order valence-corrected chi connectivity index (χ0v) is 19.0.